The number of hydrogen-bond acceptors (Lipinski definition) is 4. The monoisotopic (exact) mass is 254 g/mol. The molecule has 0 fully saturated rings. The summed E-state index contributed by atoms with van der Waals surface area (Å²) in [4.78, 5) is 11.8. The van der Waals surface area contributed by atoms with Crippen molar-refractivity contribution in [1.82, 2.24) is 0 Å². The summed E-state index contributed by atoms with van der Waals surface area (Å²) < 4.78 is 5.13. The van der Waals surface area contributed by atoms with Crippen LogP contribution in [0.15, 0.2) is 29.8 Å². The van der Waals surface area contributed by atoms with Gasteiger partial charge >= 0.3 is 5.97 Å². The summed E-state index contributed by atoms with van der Waals surface area (Å²) >= 11 is 0. The van der Waals surface area contributed by atoms with Gasteiger partial charge in [0.1, 0.15) is 17.2 Å². The van der Waals surface area contributed by atoms with Gasteiger partial charge < -0.3 is 4.74 Å². The van der Waals surface area contributed by atoms with Crippen LogP contribution in [0.5, 0.6) is 0 Å². The standard InChI is InChI=1S/C15H14N2O2/c1-15(2,3)19-14(18)13(10-17)8-11-4-6-12(9-16)7-5-11/h4-8H,1-3H3/b13-8-. The number of benzene rings is 1. The molecule has 0 spiro atoms. The molecule has 0 atom stereocenters. The number of rotatable bonds is 2. The number of nitriles is 2. The summed E-state index contributed by atoms with van der Waals surface area (Å²) in [6.45, 7) is 5.21. The van der Waals surface area contributed by atoms with E-state index in [1.54, 1.807) is 45.0 Å². The van der Waals surface area contributed by atoms with Crippen LogP contribution in [0.2, 0.25) is 0 Å². The Labute approximate surface area is 112 Å². The molecular formula is C15H14N2O2. The van der Waals surface area contributed by atoms with Gasteiger partial charge in [-0.1, -0.05) is 12.1 Å². The first-order chi connectivity index (χ1) is 8.85. The minimum atomic E-state index is -0.653. The van der Waals surface area contributed by atoms with Crippen molar-refractivity contribution in [3.8, 4) is 12.1 Å². The quantitative estimate of drug-likeness (QED) is 0.462. The van der Waals surface area contributed by atoms with E-state index in [0.29, 0.717) is 11.1 Å². The first-order valence-corrected chi connectivity index (χ1v) is 5.71. The molecule has 0 N–H and O–H groups in total. The van der Waals surface area contributed by atoms with Gasteiger partial charge in [0.05, 0.1) is 11.6 Å². The van der Waals surface area contributed by atoms with Crippen LogP contribution in [-0.4, -0.2) is 11.6 Å². The SMILES string of the molecule is CC(C)(C)OC(=O)/C(C#N)=C\c1ccc(C#N)cc1. The molecule has 0 amide bonds. The van der Waals surface area contributed by atoms with E-state index in [1.807, 2.05) is 12.1 Å². The van der Waals surface area contributed by atoms with Crippen LogP contribution in [0.3, 0.4) is 0 Å². The van der Waals surface area contributed by atoms with Gasteiger partial charge in [-0.25, -0.2) is 4.79 Å². The Morgan fingerprint density at radius 3 is 2.21 bits per heavy atom. The van der Waals surface area contributed by atoms with E-state index in [1.165, 1.54) is 6.08 Å². The van der Waals surface area contributed by atoms with Crippen LogP contribution in [-0.2, 0) is 9.53 Å². The Morgan fingerprint density at radius 2 is 1.79 bits per heavy atom. The number of hydrogen-bond donors (Lipinski definition) is 0. The number of nitrogens with zero attached hydrogens (tertiary/aromatic N) is 2. The predicted molar refractivity (Wildman–Crippen MR) is 70.6 cm³/mol. The summed E-state index contributed by atoms with van der Waals surface area (Å²) in [6, 6.07) is 10.4. The van der Waals surface area contributed by atoms with Crippen molar-refractivity contribution in [2.75, 3.05) is 0 Å². The lowest BCUT2D eigenvalue weighted by Gasteiger charge is -2.18. The van der Waals surface area contributed by atoms with Gasteiger partial charge in [-0.15, -0.1) is 0 Å². The van der Waals surface area contributed by atoms with Crippen molar-refractivity contribution in [2.24, 2.45) is 0 Å². The van der Waals surface area contributed by atoms with E-state index in [9.17, 15) is 4.79 Å². The van der Waals surface area contributed by atoms with Crippen LogP contribution >= 0.6 is 0 Å². The van der Waals surface area contributed by atoms with Crippen LogP contribution in [0.25, 0.3) is 6.08 Å². The van der Waals surface area contributed by atoms with E-state index in [-0.39, 0.29) is 5.57 Å². The summed E-state index contributed by atoms with van der Waals surface area (Å²) in [5.41, 5.74) is 0.478. The van der Waals surface area contributed by atoms with E-state index < -0.39 is 11.6 Å². The highest BCUT2D eigenvalue weighted by molar-refractivity contribution is 5.98. The zero-order valence-corrected chi connectivity index (χ0v) is 11.1. The van der Waals surface area contributed by atoms with Gasteiger partial charge in [0.15, 0.2) is 0 Å². The molecule has 0 saturated carbocycles. The van der Waals surface area contributed by atoms with Crippen molar-refractivity contribution in [3.63, 3.8) is 0 Å². The zero-order valence-electron chi connectivity index (χ0n) is 11.1. The summed E-state index contributed by atoms with van der Waals surface area (Å²) in [5.74, 6) is -0.653. The van der Waals surface area contributed by atoms with Crippen molar-refractivity contribution < 1.29 is 9.53 Å². The van der Waals surface area contributed by atoms with Crippen LogP contribution in [0, 0.1) is 22.7 Å². The molecule has 4 nitrogen and oxygen atoms in total. The molecule has 0 radical (unpaired) electrons. The second-order valence-corrected chi connectivity index (χ2v) is 4.91. The Kier molecular flexibility index (Phi) is 4.45. The zero-order chi connectivity index (χ0) is 14.5. The lowest BCUT2D eigenvalue weighted by Crippen LogP contribution is -2.24. The molecular weight excluding hydrogens is 240 g/mol. The molecule has 0 heterocycles. The molecule has 1 aromatic rings. The highest BCUT2D eigenvalue weighted by atomic mass is 16.6. The maximum atomic E-state index is 11.8. The van der Waals surface area contributed by atoms with E-state index in [2.05, 4.69) is 0 Å². The average molecular weight is 254 g/mol. The molecule has 0 aliphatic heterocycles. The fourth-order valence-corrected chi connectivity index (χ4v) is 1.29. The third-order valence-electron chi connectivity index (χ3n) is 2.09. The molecule has 0 saturated heterocycles. The van der Waals surface area contributed by atoms with Crippen LogP contribution in [0.1, 0.15) is 31.9 Å². The first-order valence-electron chi connectivity index (χ1n) is 5.71. The van der Waals surface area contributed by atoms with E-state index >= 15 is 0 Å². The van der Waals surface area contributed by atoms with Gasteiger partial charge in [0.25, 0.3) is 0 Å². The molecule has 4 heteroatoms. The van der Waals surface area contributed by atoms with Gasteiger partial charge in [-0.2, -0.15) is 10.5 Å². The first kappa shape index (κ1) is 14.5. The lowest BCUT2D eigenvalue weighted by atomic mass is 10.1. The Balaban J connectivity index is 2.97. The Hall–Kier alpha value is -2.59. The topological polar surface area (TPSA) is 73.9 Å². The summed E-state index contributed by atoms with van der Waals surface area (Å²) in [6.07, 6.45) is 1.44. The van der Waals surface area contributed by atoms with E-state index in [0.717, 1.165) is 0 Å². The maximum Gasteiger partial charge on any atom is 0.349 e. The number of carbonyl (C=O) groups excluding carboxylic acids is 1. The second kappa shape index (κ2) is 5.84. The number of esters is 1. The highest BCUT2D eigenvalue weighted by Crippen LogP contribution is 2.14. The number of carbonyl (C=O) groups is 1. The lowest BCUT2D eigenvalue weighted by molar-refractivity contribution is -0.149. The molecule has 0 unspecified atom stereocenters. The van der Waals surface area contributed by atoms with Crippen molar-refractivity contribution >= 4 is 12.0 Å². The molecule has 0 bridgehead atoms. The van der Waals surface area contributed by atoms with Gasteiger partial charge in [0.2, 0.25) is 0 Å². The molecule has 96 valence electrons. The summed E-state index contributed by atoms with van der Waals surface area (Å²) in [7, 11) is 0. The largest absolute Gasteiger partial charge is 0.456 e. The minimum Gasteiger partial charge on any atom is -0.456 e. The fraction of sp³-hybridized carbons (Fsp3) is 0.267. The van der Waals surface area contributed by atoms with Gasteiger partial charge in [0, 0.05) is 0 Å². The van der Waals surface area contributed by atoms with E-state index in [4.69, 9.17) is 15.3 Å². The third-order valence-corrected chi connectivity index (χ3v) is 2.09. The van der Waals surface area contributed by atoms with Crippen molar-refractivity contribution in [2.45, 2.75) is 26.4 Å². The van der Waals surface area contributed by atoms with Crippen molar-refractivity contribution in [1.29, 1.82) is 10.5 Å². The molecule has 1 aromatic carbocycles. The Morgan fingerprint density at radius 1 is 1.21 bits per heavy atom. The summed E-state index contributed by atoms with van der Waals surface area (Å²) in [5, 5.41) is 17.7. The maximum absolute atomic E-state index is 11.8. The van der Waals surface area contributed by atoms with Crippen LogP contribution < -0.4 is 0 Å². The molecule has 19 heavy (non-hydrogen) atoms. The normalized spacial score (nSPS) is 11.3. The van der Waals surface area contributed by atoms with Crippen molar-refractivity contribution in [3.05, 3.63) is 41.0 Å². The van der Waals surface area contributed by atoms with Gasteiger partial charge in [-0.3, -0.25) is 0 Å². The molecule has 0 aliphatic carbocycles. The third kappa shape index (κ3) is 4.65. The number of ether oxygens (including phenoxy) is 1. The minimum absolute atomic E-state index is 0.0698. The smallest absolute Gasteiger partial charge is 0.349 e. The highest BCUT2D eigenvalue weighted by Gasteiger charge is 2.19. The fourth-order valence-electron chi connectivity index (χ4n) is 1.29. The second-order valence-electron chi connectivity index (χ2n) is 4.91. The average Bonchev–Trinajstić information content (AvgIpc) is 2.34. The molecule has 0 aromatic heterocycles. The van der Waals surface area contributed by atoms with Gasteiger partial charge in [-0.05, 0) is 44.5 Å². The predicted octanol–water partition coefficient (Wildman–Crippen LogP) is 2.81. The Bertz CT molecular complexity index is 579. The molecule has 0 aliphatic rings. The molecule has 1 rings (SSSR count). The van der Waals surface area contributed by atoms with Crippen LogP contribution in [0.4, 0.5) is 0 Å².